The number of carbonyl (C=O) groups excluding carboxylic acids is 2. The van der Waals surface area contributed by atoms with E-state index in [0.29, 0.717) is 10.6 Å². The highest BCUT2D eigenvalue weighted by Crippen LogP contribution is 2.23. The molecule has 0 aliphatic carbocycles. The molecule has 1 atom stereocenters. The molecule has 0 aliphatic heterocycles. The lowest BCUT2D eigenvalue weighted by molar-refractivity contribution is -0.116. The van der Waals surface area contributed by atoms with Crippen molar-refractivity contribution in [1.82, 2.24) is 0 Å². The van der Waals surface area contributed by atoms with Crippen LogP contribution in [0.2, 0.25) is 0 Å². The summed E-state index contributed by atoms with van der Waals surface area (Å²) in [7, 11) is 0. The summed E-state index contributed by atoms with van der Waals surface area (Å²) >= 11 is 1.27. The van der Waals surface area contributed by atoms with Crippen molar-refractivity contribution in [3.63, 3.8) is 0 Å². The number of nitrogens with one attached hydrogen (secondary N) is 2. The van der Waals surface area contributed by atoms with Gasteiger partial charge in [-0.15, -0.1) is 11.3 Å². The molecule has 4 N–H and O–H groups in total. The summed E-state index contributed by atoms with van der Waals surface area (Å²) in [5, 5.41) is 8.13. The molecular weight excluding hydrogens is 298 g/mol. The minimum atomic E-state index is -0.549. The number of nitrogens with two attached hydrogens (primary N) is 1. The zero-order chi connectivity index (χ0) is 16.3. The fourth-order valence-corrected chi connectivity index (χ4v) is 2.82. The Bertz CT molecular complexity index is 709. The first-order valence-corrected chi connectivity index (χ1v) is 7.79. The SMILES string of the molecule is Cc1cccc(NC(C)C(=O)Nc2sccc2C(N)=O)c1C. The second-order valence-corrected chi connectivity index (χ2v) is 6.05. The van der Waals surface area contributed by atoms with Crippen molar-refractivity contribution < 1.29 is 9.59 Å². The monoisotopic (exact) mass is 317 g/mol. The van der Waals surface area contributed by atoms with Gasteiger partial charge >= 0.3 is 0 Å². The second kappa shape index (κ2) is 6.62. The molecule has 0 radical (unpaired) electrons. The van der Waals surface area contributed by atoms with Gasteiger partial charge in [0.1, 0.15) is 11.0 Å². The van der Waals surface area contributed by atoms with Crippen LogP contribution in [0.15, 0.2) is 29.6 Å². The molecule has 2 amide bonds. The number of carbonyl (C=O) groups is 2. The van der Waals surface area contributed by atoms with Crippen LogP contribution in [-0.4, -0.2) is 17.9 Å². The maximum atomic E-state index is 12.3. The standard InChI is InChI=1S/C16H19N3O2S/c1-9-5-4-6-13(10(9)2)18-11(3)15(21)19-16-12(14(17)20)7-8-22-16/h4-8,11,18H,1-3H3,(H2,17,20)(H,19,21). The molecule has 0 saturated carbocycles. The Hall–Kier alpha value is -2.34. The lowest BCUT2D eigenvalue weighted by atomic mass is 10.1. The van der Waals surface area contributed by atoms with Crippen molar-refractivity contribution in [3.05, 3.63) is 46.3 Å². The van der Waals surface area contributed by atoms with Crippen molar-refractivity contribution in [3.8, 4) is 0 Å². The van der Waals surface area contributed by atoms with Crippen LogP contribution < -0.4 is 16.4 Å². The smallest absolute Gasteiger partial charge is 0.251 e. The third-order valence-corrected chi connectivity index (χ3v) is 4.37. The molecule has 22 heavy (non-hydrogen) atoms. The first-order valence-electron chi connectivity index (χ1n) is 6.91. The van der Waals surface area contributed by atoms with Gasteiger partial charge in [0.2, 0.25) is 5.91 Å². The van der Waals surface area contributed by atoms with Crippen LogP contribution in [0.3, 0.4) is 0 Å². The van der Waals surface area contributed by atoms with Crippen molar-refractivity contribution in [2.24, 2.45) is 5.73 Å². The summed E-state index contributed by atoms with van der Waals surface area (Å²) in [4.78, 5) is 23.5. The molecule has 1 unspecified atom stereocenters. The Morgan fingerprint density at radius 1 is 1.23 bits per heavy atom. The van der Waals surface area contributed by atoms with Gasteiger partial charge in [0, 0.05) is 5.69 Å². The maximum absolute atomic E-state index is 12.3. The van der Waals surface area contributed by atoms with E-state index < -0.39 is 11.9 Å². The van der Waals surface area contributed by atoms with Crippen molar-refractivity contribution in [2.45, 2.75) is 26.8 Å². The highest BCUT2D eigenvalue weighted by molar-refractivity contribution is 7.14. The topological polar surface area (TPSA) is 84.2 Å². The molecule has 2 rings (SSSR count). The Morgan fingerprint density at radius 3 is 2.64 bits per heavy atom. The molecule has 1 aromatic heterocycles. The number of amides is 2. The number of rotatable bonds is 5. The summed E-state index contributed by atoms with van der Waals surface area (Å²) in [6.45, 7) is 5.80. The number of hydrogen-bond acceptors (Lipinski definition) is 4. The van der Waals surface area contributed by atoms with Gasteiger partial charge in [-0.05, 0) is 49.4 Å². The third-order valence-electron chi connectivity index (χ3n) is 3.54. The summed E-state index contributed by atoms with van der Waals surface area (Å²) in [5.41, 5.74) is 8.79. The van der Waals surface area contributed by atoms with Gasteiger partial charge in [-0.3, -0.25) is 9.59 Å². The minimum Gasteiger partial charge on any atom is -0.374 e. The summed E-state index contributed by atoms with van der Waals surface area (Å²) < 4.78 is 0. The van der Waals surface area contributed by atoms with Crippen LogP contribution in [0, 0.1) is 13.8 Å². The maximum Gasteiger partial charge on any atom is 0.251 e. The highest BCUT2D eigenvalue weighted by Gasteiger charge is 2.17. The van der Waals surface area contributed by atoms with Gasteiger partial charge in [-0.25, -0.2) is 0 Å². The van der Waals surface area contributed by atoms with Gasteiger partial charge in [0.05, 0.1) is 5.56 Å². The molecule has 6 heteroatoms. The number of hydrogen-bond donors (Lipinski definition) is 3. The van der Waals surface area contributed by atoms with Crippen LogP contribution in [0.4, 0.5) is 10.7 Å². The molecule has 0 bridgehead atoms. The summed E-state index contributed by atoms with van der Waals surface area (Å²) in [6.07, 6.45) is 0. The molecule has 116 valence electrons. The van der Waals surface area contributed by atoms with Gasteiger partial charge in [-0.2, -0.15) is 0 Å². The third kappa shape index (κ3) is 3.46. The molecule has 1 aromatic carbocycles. The first kappa shape index (κ1) is 16.0. The summed E-state index contributed by atoms with van der Waals surface area (Å²) in [6, 6.07) is 7.07. The summed E-state index contributed by atoms with van der Waals surface area (Å²) in [5.74, 6) is -0.766. The van der Waals surface area contributed by atoms with Gasteiger partial charge < -0.3 is 16.4 Å². The quantitative estimate of drug-likeness (QED) is 0.793. The van der Waals surface area contributed by atoms with E-state index in [1.165, 1.54) is 11.3 Å². The van der Waals surface area contributed by atoms with E-state index in [0.717, 1.165) is 16.8 Å². The number of anilines is 2. The van der Waals surface area contributed by atoms with Crippen LogP contribution in [0.1, 0.15) is 28.4 Å². The van der Waals surface area contributed by atoms with E-state index in [9.17, 15) is 9.59 Å². The zero-order valence-electron chi connectivity index (χ0n) is 12.8. The zero-order valence-corrected chi connectivity index (χ0v) is 13.6. The Kier molecular flexibility index (Phi) is 4.82. The van der Waals surface area contributed by atoms with Crippen molar-refractivity contribution in [1.29, 1.82) is 0 Å². The predicted octanol–water partition coefficient (Wildman–Crippen LogP) is 2.90. The molecule has 0 saturated heterocycles. The number of benzene rings is 1. The average Bonchev–Trinajstić information content (AvgIpc) is 2.92. The lowest BCUT2D eigenvalue weighted by Crippen LogP contribution is -2.32. The lowest BCUT2D eigenvalue weighted by Gasteiger charge is -2.17. The molecule has 0 fully saturated rings. The van der Waals surface area contributed by atoms with Crippen molar-refractivity contribution in [2.75, 3.05) is 10.6 Å². The Labute approximate surface area is 133 Å². The van der Waals surface area contributed by atoms with Gasteiger partial charge in [0.25, 0.3) is 5.91 Å². The predicted molar refractivity (Wildman–Crippen MR) is 90.5 cm³/mol. The van der Waals surface area contributed by atoms with E-state index >= 15 is 0 Å². The normalized spacial score (nSPS) is 11.8. The Balaban J connectivity index is 2.08. The highest BCUT2D eigenvalue weighted by atomic mass is 32.1. The van der Waals surface area contributed by atoms with E-state index in [1.54, 1.807) is 18.4 Å². The molecule has 0 aliphatic rings. The minimum absolute atomic E-state index is 0.217. The van der Waals surface area contributed by atoms with Crippen LogP contribution >= 0.6 is 11.3 Å². The van der Waals surface area contributed by atoms with E-state index in [1.807, 2.05) is 32.0 Å². The fourth-order valence-electron chi connectivity index (χ4n) is 2.03. The van der Waals surface area contributed by atoms with Crippen LogP contribution in [-0.2, 0) is 4.79 Å². The molecular formula is C16H19N3O2S. The number of thiophene rings is 1. The number of aryl methyl sites for hydroxylation is 1. The second-order valence-electron chi connectivity index (χ2n) is 5.13. The largest absolute Gasteiger partial charge is 0.374 e. The molecule has 1 heterocycles. The van der Waals surface area contributed by atoms with E-state index in [-0.39, 0.29) is 5.91 Å². The molecule has 5 nitrogen and oxygen atoms in total. The number of primary amides is 1. The van der Waals surface area contributed by atoms with E-state index in [2.05, 4.69) is 10.6 Å². The van der Waals surface area contributed by atoms with Crippen LogP contribution in [0.5, 0.6) is 0 Å². The van der Waals surface area contributed by atoms with Gasteiger partial charge in [-0.1, -0.05) is 12.1 Å². The fraction of sp³-hybridized carbons (Fsp3) is 0.250. The average molecular weight is 317 g/mol. The first-order chi connectivity index (χ1) is 10.4. The molecule has 2 aromatic rings. The van der Waals surface area contributed by atoms with E-state index in [4.69, 9.17) is 5.73 Å². The Morgan fingerprint density at radius 2 is 1.95 bits per heavy atom. The molecule has 0 spiro atoms. The van der Waals surface area contributed by atoms with Crippen LogP contribution in [0.25, 0.3) is 0 Å². The van der Waals surface area contributed by atoms with Gasteiger partial charge in [0.15, 0.2) is 0 Å². The van der Waals surface area contributed by atoms with Crippen molar-refractivity contribution >= 4 is 33.8 Å².